The van der Waals surface area contributed by atoms with Crippen LogP contribution in [0, 0.1) is 0 Å². The van der Waals surface area contributed by atoms with Gasteiger partial charge < -0.3 is 19.3 Å². The summed E-state index contributed by atoms with van der Waals surface area (Å²) in [5.41, 5.74) is 1.08. The van der Waals surface area contributed by atoms with Crippen LogP contribution in [0.15, 0.2) is 47.4 Å². The van der Waals surface area contributed by atoms with Crippen LogP contribution in [0.1, 0.15) is 25.7 Å². The van der Waals surface area contributed by atoms with Gasteiger partial charge >= 0.3 is 6.01 Å². The van der Waals surface area contributed by atoms with Crippen LogP contribution in [0.4, 0.5) is 5.69 Å². The lowest BCUT2D eigenvalue weighted by atomic mass is 10.2. The molecule has 1 atom stereocenters. The van der Waals surface area contributed by atoms with Crippen molar-refractivity contribution in [3.8, 4) is 17.5 Å². The number of hydrogen-bond donors (Lipinski definition) is 1. The molecule has 0 unspecified atom stereocenters. The van der Waals surface area contributed by atoms with E-state index in [1.807, 2.05) is 25.1 Å². The van der Waals surface area contributed by atoms with Crippen molar-refractivity contribution in [1.82, 2.24) is 24.4 Å². The molecule has 10 nitrogen and oxygen atoms in total. The number of nitrogens with zero attached hydrogens (tertiary/aromatic N) is 5. The highest BCUT2D eigenvalue weighted by Gasteiger charge is 2.27. The van der Waals surface area contributed by atoms with Crippen molar-refractivity contribution in [2.24, 2.45) is 0 Å². The van der Waals surface area contributed by atoms with Crippen LogP contribution in [-0.2, 0) is 16.6 Å². The van der Waals surface area contributed by atoms with Crippen molar-refractivity contribution >= 4 is 27.3 Å². The largest absolute Gasteiger partial charge is 0.495 e. The molecule has 1 aliphatic rings. The molecule has 0 bridgehead atoms. The summed E-state index contributed by atoms with van der Waals surface area (Å²) >= 11 is 6.03. The molecular formula is C24H31ClN6O4S. The van der Waals surface area contributed by atoms with E-state index in [2.05, 4.69) is 37.8 Å². The first-order chi connectivity index (χ1) is 17.2. The highest BCUT2D eigenvalue weighted by Crippen LogP contribution is 2.30. The maximum Gasteiger partial charge on any atom is 0.322 e. The highest BCUT2D eigenvalue weighted by molar-refractivity contribution is 7.89. The zero-order valence-corrected chi connectivity index (χ0v) is 22.4. The molecule has 1 N–H and O–H groups in total. The molecule has 0 spiro atoms. The van der Waals surface area contributed by atoms with E-state index in [4.69, 9.17) is 21.1 Å². The second-order valence-electron chi connectivity index (χ2n) is 8.61. The number of aromatic nitrogens is 3. The van der Waals surface area contributed by atoms with E-state index in [9.17, 15) is 8.42 Å². The van der Waals surface area contributed by atoms with E-state index >= 15 is 0 Å². The molecule has 36 heavy (non-hydrogen) atoms. The molecule has 2 heterocycles. The number of rotatable bonds is 9. The van der Waals surface area contributed by atoms with Gasteiger partial charge in [0.05, 0.1) is 13.2 Å². The summed E-state index contributed by atoms with van der Waals surface area (Å²) in [5.74, 6) is 1.25. The first-order valence-corrected chi connectivity index (χ1v) is 13.6. The normalized spacial score (nSPS) is 15.6. The maximum atomic E-state index is 13.1. The molecule has 12 heteroatoms. The molecule has 194 valence electrons. The third-order valence-electron chi connectivity index (χ3n) is 6.09. The highest BCUT2D eigenvalue weighted by atomic mass is 35.5. The summed E-state index contributed by atoms with van der Waals surface area (Å²) in [5, 5.41) is 8.71. The van der Waals surface area contributed by atoms with Gasteiger partial charge in [0.1, 0.15) is 16.4 Å². The SMILES string of the molecule is CCn1c(Oc2cccc(N3CCN(C)CC3)c2)nnc1[C@@H](C)NS(=O)(=O)c1cc(Cl)ccc1OC. The van der Waals surface area contributed by atoms with Crippen molar-refractivity contribution in [1.29, 1.82) is 0 Å². The summed E-state index contributed by atoms with van der Waals surface area (Å²) in [4.78, 5) is 4.58. The van der Waals surface area contributed by atoms with Gasteiger partial charge in [-0.1, -0.05) is 22.8 Å². The van der Waals surface area contributed by atoms with Gasteiger partial charge in [0.25, 0.3) is 0 Å². The number of hydrogen-bond acceptors (Lipinski definition) is 8. The molecule has 0 aliphatic carbocycles. The van der Waals surface area contributed by atoms with E-state index in [-0.39, 0.29) is 21.7 Å². The van der Waals surface area contributed by atoms with E-state index in [1.165, 1.54) is 19.2 Å². The van der Waals surface area contributed by atoms with Gasteiger partial charge in [0.2, 0.25) is 10.0 Å². The summed E-state index contributed by atoms with van der Waals surface area (Å²) in [6.07, 6.45) is 0. The molecule has 0 amide bonds. The van der Waals surface area contributed by atoms with E-state index in [0.29, 0.717) is 18.1 Å². The molecule has 0 radical (unpaired) electrons. The van der Waals surface area contributed by atoms with Gasteiger partial charge in [-0.15, -0.1) is 5.10 Å². The lowest BCUT2D eigenvalue weighted by Gasteiger charge is -2.34. The average Bonchev–Trinajstić information content (AvgIpc) is 3.27. The minimum atomic E-state index is -3.96. The minimum absolute atomic E-state index is 0.0518. The monoisotopic (exact) mass is 534 g/mol. The third-order valence-corrected chi connectivity index (χ3v) is 7.89. The Morgan fingerprint density at radius 1 is 1.11 bits per heavy atom. The van der Waals surface area contributed by atoms with Gasteiger partial charge in [0, 0.05) is 49.5 Å². The number of methoxy groups -OCH3 is 1. The predicted octanol–water partition coefficient (Wildman–Crippen LogP) is 3.54. The third kappa shape index (κ3) is 5.75. The second kappa shape index (κ2) is 11.0. The van der Waals surface area contributed by atoms with Gasteiger partial charge in [0.15, 0.2) is 5.82 Å². The standard InChI is InChI=1S/C24H31ClN6O4S/c1-5-31-23(17(2)28-36(32,33)22-15-18(25)9-10-21(22)34-4)26-27-24(31)35-20-8-6-7-19(16-20)30-13-11-29(3)12-14-30/h6-10,15-17,28H,5,11-14H2,1-4H3/t17-/m1/s1. The van der Waals surface area contributed by atoms with Crippen molar-refractivity contribution in [3.63, 3.8) is 0 Å². The van der Waals surface area contributed by atoms with Crippen LogP contribution >= 0.6 is 11.6 Å². The minimum Gasteiger partial charge on any atom is -0.495 e. The van der Waals surface area contributed by atoms with Crippen LogP contribution in [0.2, 0.25) is 5.02 Å². The second-order valence-corrected chi connectivity index (χ2v) is 10.7. The van der Waals surface area contributed by atoms with Gasteiger partial charge in [-0.25, -0.2) is 13.1 Å². The van der Waals surface area contributed by atoms with Crippen LogP contribution < -0.4 is 19.1 Å². The topological polar surface area (TPSA) is 102 Å². The smallest absolute Gasteiger partial charge is 0.322 e. The first kappa shape index (κ1) is 26.2. The molecule has 3 aromatic rings. The summed E-state index contributed by atoms with van der Waals surface area (Å²) < 4.78 is 41.9. The maximum absolute atomic E-state index is 13.1. The van der Waals surface area contributed by atoms with Crippen LogP contribution in [-0.4, -0.2) is 68.4 Å². The number of piperazine rings is 1. The first-order valence-electron chi connectivity index (χ1n) is 11.7. The van der Waals surface area contributed by atoms with Gasteiger partial charge in [-0.2, -0.15) is 0 Å². The molecule has 0 saturated carbocycles. The van der Waals surface area contributed by atoms with Crippen LogP contribution in [0.5, 0.6) is 17.5 Å². The molecule has 1 aromatic heterocycles. The Hall–Kier alpha value is -2.86. The predicted molar refractivity (Wildman–Crippen MR) is 139 cm³/mol. The number of sulfonamides is 1. The Balaban J connectivity index is 1.53. The molecule has 1 fully saturated rings. The molecule has 4 rings (SSSR count). The molecule has 2 aromatic carbocycles. The van der Waals surface area contributed by atoms with Crippen LogP contribution in [0.25, 0.3) is 0 Å². The molecule has 1 aliphatic heterocycles. The zero-order valence-electron chi connectivity index (χ0n) is 20.8. The Kier molecular flexibility index (Phi) is 8.04. The van der Waals surface area contributed by atoms with Crippen molar-refractivity contribution < 1.29 is 17.9 Å². The average molecular weight is 535 g/mol. The number of anilines is 1. The van der Waals surface area contributed by atoms with Crippen LogP contribution in [0.3, 0.4) is 0 Å². The fourth-order valence-electron chi connectivity index (χ4n) is 4.12. The number of benzene rings is 2. The number of ether oxygens (including phenoxy) is 2. The quantitative estimate of drug-likeness (QED) is 0.445. The molecule has 1 saturated heterocycles. The van der Waals surface area contributed by atoms with Crippen molar-refractivity contribution in [3.05, 3.63) is 53.3 Å². The Bertz CT molecular complexity index is 1310. The van der Waals surface area contributed by atoms with Crippen molar-refractivity contribution in [2.75, 3.05) is 45.2 Å². The fourth-order valence-corrected chi connectivity index (χ4v) is 5.75. The molecular weight excluding hydrogens is 504 g/mol. The lowest BCUT2D eigenvalue weighted by Crippen LogP contribution is -2.44. The Morgan fingerprint density at radius 3 is 2.56 bits per heavy atom. The Morgan fingerprint density at radius 2 is 1.86 bits per heavy atom. The number of nitrogens with one attached hydrogen (secondary N) is 1. The van der Waals surface area contributed by atoms with Crippen molar-refractivity contribution in [2.45, 2.75) is 31.3 Å². The number of halogens is 1. The summed E-state index contributed by atoms with van der Waals surface area (Å²) in [7, 11) is -0.432. The lowest BCUT2D eigenvalue weighted by molar-refractivity contribution is 0.312. The number of likely N-dealkylation sites (N-methyl/N-ethyl adjacent to an activating group) is 1. The summed E-state index contributed by atoms with van der Waals surface area (Å²) in [6.45, 7) is 8.02. The van der Waals surface area contributed by atoms with E-state index in [0.717, 1.165) is 31.9 Å². The zero-order chi connectivity index (χ0) is 25.9. The van der Waals surface area contributed by atoms with E-state index in [1.54, 1.807) is 17.6 Å². The Labute approximate surface area is 216 Å². The van der Waals surface area contributed by atoms with Gasteiger partial charge in [-0.05, 0) is 51.2 Å². The fraction of sp³-hybridized carbons (Fsp3) is 0.417. The summed E-state index contributed by atoms with van der Waals surface area (Å²) in [6, 6.07) is 11.9. The van der Waals surface area contributed by atoms with E-state index < -0.39 is 16.1 Å². The van der Waals surface area contributed by atoms with Gasteiger partial charge in [-0.3, -0.25) is 4.57 Å².